The van der Waals surface area contributed by atoms with Gasteiger partial charge in [0.1, 0.15) is 6.10 Å². The lowest BCUT2D eigenvalue weighted by molar-refractivity contribution is -0.151. The first-order valence-electron chi connectivity index (χ1n) is 16.7. The summed E-state index contributed by atoms with van der Waals surface area (Å²) in [6.45, 7) is 12.4. The van der Waals surface area contributed by atoms with Crippen molar-refractivity contribution in [3.05, 3.63) is 11.6 Å². The van der Waals surface area contributed by atoms with Gasteiger partial charge >= 0.3 is 5.97 Å². The van der Waals surface area contributed by atoms with Gasteiger partial charge in [-0.05, 0) is 91.8 Å². The number of ether oxygens (including phenoxy) is 1. The Hall–Kier alpha value is -0.790. The molecule has 0 aromatic rings. The molecular formula is C35H60O2. The van der Waals surface area contributed by atoms with E-state index in [1.807, 2.05) is 0 Å². The molecule has 0 saturated heterocycles. The van der Waals surface area contributed by atoms with Crippen LogP contribution in [0, 0.1) is 40.4 Å². The Kier molecular flexibility index (Phi) is 10.3. The van der Waals surface area contributed by atoms with Crippen molar-refractivity contribution in [3.63, 3.8) is 0 Å². The Morgan fingerprint density at radius 3 is 2.41 bits per heavy atom. The van der Waals surface area contributed by atoms with E-state index in [0.717, 1.165) is 48.9 Å². The molecule has 0 aromatic carbocycles. The molecule has 0 aromatic heterocycles. The van der Waals surface area contributed by atoms with Crippen molar-refractivity contribution in [2.45, 2.75) is 163 Å². The number of allylic oxidation sites excluding steroid dienone is 1. The quantitative estimate of drug-likeness (QED) is 0.139. The molecule has 4 rings (SSSR count). The Morgan fingerprint density at radius 1 is 0.919 bits per heavy atom. The highest BCUT2D eigenvalue weighted by Gasteiger charge is 2.59. The summed E-state index contributed by atoms with van der Waals surface area (Å²) in [5, 5.41) is 0. The van der Waals surface area contributed by atoms with Gasteiger partial charge in [-0.2, -0.15) is 0 Å². The second kappa shape index (κ2) is 13.0. The van der Waals surface area contributed by atoms with Crippen molar-refractivity contribution in [3.8, 4) is 0 Å². The van der Waals surface area contributed by atoms with Crippen molar-refractivity contribution in [2.75, 3.05) is 0 Å². The Morgan fingerprint density at radius 2 is 1.65 bits per heavy atom. The summed E-state index contributed by atoms with van der Waals surface area (Å²) >= 11 is 0. The lowest BCUT2D eigenvalue weighted by Gasteiger charge is -2.58. The highest BCUT2D eigenvalue weighted by atomic mass is 16.5. The van der Waals surface area contributed by atoms with E-state index in [4.69, 9.17) is 4.74 Å². The zero-order chi connectivity index (χ0) is 26.5. The number of rotatable bonds is 13. The van der Waals surface area contributed by atoms with E-state index >= 15 is 0 Å². The molecule has 0 spiro atoms. The van der Waals surface area contributed by atoms with E-state index < -0.39 is 0 Å². The Bertz CT molecular complexity index is 769. The second-order valence-electron chi connectivity index (χ2n) is 14.3. The van der Waals surface area contributed by atoms with Crippen molar-refractivity contribution in [1.82, 2.24) is 0 Å². The molecule has 4 aliphatic carbocycles. The van der Waals surface area contributed by atoms with Crippen LogP contribution in [0.25, 0.3) is 0 Å². The van der Waals surface area contributed by atoms with Gasteiger partial charge < -0.3 is 4.74 Å². The average molecular weight is 513 g/mol. The Labute approximate surface area is 230 Å². The number of carbonyl (C=O) groups excluding carboxylic acids is 1. The van der Waals surface area contributed by atoms with Crippen LogP contribution >= 0.6 is 0 Å². The van der Waals surface area contributed by atoms with E-state index in [1.54, 1.807) is 5.57 Å². The number of fused-ring (bicyclic) bond motifs is 5. The third-order valence-electron chi connectivity index (χ3n) is 12.1. The fourth-order valence-corrected chi connectivity index (χ4v) is 9.92. The molecule has 0 heterocycles. The first-order valence-corrected chi connectivity index (χ1v) is 16.7. The van der Waals surface area contributed by atoms with Gasteiger partial charge in [0.05, 0.1) is 0 Å². The van der Waals surface area contributed by atoms with E-state index in [9.17, 15) is 4.79 Å². The van der Waals surface area contributed by atoms with Gasteiger partial charge in [0.2, 0.25) is 0 Å². The van der Waals surface area contributed by atoms with Crippen molar-refractivity contribution < 1.29 is 9.53 Å². The predicted octanol–water partition coefficient (Wildman–Crippen LogP) is 10.4. The van der Waals surface area contributed by atoms with Gasteiger partial charge in [-0.1, -0.05) is 104 Å². The summed E-state index contributed by atoms with van der Waals surface area (Å²) in [5.41, 5.74) is 2.55. The number of hydrogen-bond donors (Lipinski definition) is 0. The molecule has 37 heavy (non-hydrogen) atoms. The topological polar surface area (TPSA) is 26.3 Å². The number of esters is 1. The van der Waals surface area contributed by atoms with Crippen LogP contribution < -0.4 is 0 Å². The summed E-state index contributed by atoms with van der Waals surface area (Å²) in [7, 11) is 0. The molecule has 0 bridgehead atoms. The van der Waals surface area contributed by atoms with Crippen molar-refractivity contribution >= 4 is 5.97 Å². The first-order chi connectivity index (χ1) is 17.8. The number of unbranched alkanes of at least 4 members (excludes halogenated alkanes) is 7. The zero-order valence-electron chi connectivity index (χ0n) is 25.3. The molecule has 2 nitrogen and oxygen atoms in total. The standard InChI is InChI=1S/C35H60O2/c1-6-8-10-12-14-16-33(36)37-28-21-23-34(4)27(25-28)17-18-29-31-20-19-30(26(3)15-13-11-9-7-2)35(31,5)24-22-32(29)34/h17,26,28-32H,6-16,18-25H2,1-5H3. The predicted molar refractivity (Wildman–Crippen MR) is 156 cm³/mol. The van der Waals surface area contributed by atoms with E-state index in [-0.39, 0.29) is 12.1 Å². The van der Waals surface area contributed by atoms with Crippen molar-refractivity contribution in [2.24, 2.45) is 40.4 Å². The summed E-state index contributed by atoms with van der Waals surface area (Å²) in [4.78, 5) is 12.5. The van der Waals surface area contributed by atoms with E-state index in [0.29, 0.717) is 17.3 Å². The lowest BCUT2D eigenvalue weighted by Crippen LogP contribution is -2.51. The first kappa shape index (κ1) is 29.2. The SMILES string of the molecule is CCCCCCCC(=O)OC1CCC2(C)C(=CCC3C2CCC2(C)C(C(C)CCCCCC)CCC32)C1. The molecule has 0 aliphatic heterocycles. The zero-order valence-corrected chi connectivity index (χ0v) is 25.3. The fourth-order valence-electron chi connectivity index (χ4n) is 9.92. The summed E-state index contributed by atoms with van der Waals surface area (Å²) in [6.07, 6.45) is 26.8. The minimum atomic E-state index is 0.0497. The van der Waals surface area contributed by atoms with Gasteiger partial charge in [0.25, 0.3) is 0 Å². The smallest absolute Gasteiger partial charge is 0.306 e. The van der Waals surface area contributed by atoms with Crippen LogP contribution in [0.1, 0.15) is 157 Å². The molecule has 0 radical (unpaired) electrons. The average Bonchev–Trinajstić information content (AvgIpc) is 3.24. The number of hydrogen-bond acceptors (Lipinski definition) is 2. The largest absolute Gasteiger partial charge is 0.462 e. The van der Waals surface area contributed by atoms with Crippen LogP contribution in [0.5, 0.6) is 0 Å². The molecule has 0 amide bonds. The van der Waals surface area contributed by atoms with Crippen LogP contribution in [0.15, 0.2) is 11.6 Å². The van der Waals surface area contributed by atoms with Gasteiger partial charge in [-0.25, -0.2) is 0 Å². The Balaban J connectivity index is 1.33. The second-order valence-corrected chi connectivity index (χ2v) is 14.3. The number of carbonyl (C=O) groups is 1. The van der Waals surface area contributed by atoms with Gasteiger partial charge in [-0.3, -0.25) is 4.79 Å². The highest BCUT2D eigenvalue weighted by molar-refractivity contribution is 5.69. The minimum absolute atomic E-state index is 0.0497. The summed E-state index contributed by atoms with van der Waals surface area (Å²) < 4.78 is 6.02. The van der Waals surface area contributed by atoms with Crippen LogP contribution in [0.2, 0.25) is 0 Å². The van der Waals surface area contributed by atoms with E-state index in [2.05, 4.69) is 40.7 Å². The molecule has 3 saturated carbocycles. The van der Waals surface area contributed by atoms with Gasteiger partial charge in [0, 0.05) is 12.8 Å². The lowest BCUT2D eigenvalue weighted by atomic mass is 9.47. The summed E-state index contributed by atoms with van der Waals surface area (Å²) in [5.74, 6) is 4.54. The molecular weight excluding hydrogens is 452 g/mol. The highest BCUT2D eigenvalue weighted by Crippen LogP contribution is 2.67. The normalized spacial score (nSPS) is 37.8. The van der Waals surface area contributed by atoms with Gasteiger partial charge in [0.15, 0.2) is 0 Å². The van der Waals surface area contributed by atoms with Crippen LogP contribution in [-0.4, -0.2) is 12.1 Å². The maximum atomic E-state index is 12.5. The van der Waals surface area contributed by atoms with Gasteiger partial charge in [-0.15, -0.1) is 0 Å². The molecule has 0 N–H and O–H groups in total. The molecule has 8 unspecified atom stereocenters. The van der Waals surface area contributed by atoms with Crippen LogP contribution in [0.3, 0.4) is 0 Å². The monoisotopic (exact) mass is 512 g/mol. The molecule has 212 valence electrons. The minimum Gasteiger partial charge on any atom is -0.462 e. The molecule has 8 atom stereocenters. The third kappa shape index (κ3) is 6.35. The maximum Gasteiger partial charge on any atom is 0.306 e. The fraction of sp³-hybridized carbons (Fsp3) is 0.914. The molecule has 4 aliphatic rings. The molecule has 2 heteroatoms. The van der Waals surface area contributed by atoms with E-state index in [1.165, 1.54) is 96.3 Å². The molecule has 3 fully saturated rings. The van der Waals surface area contributed by atoms with Crippen molar-refractivity contribution in [1.29, 1.82) is 0 Å². The maximum absolute atomic E-state index is 12.5. The van der Waals surface area contributed by atoms with Crippen LogP contribution in [0.4, 0.5) is 0 Å². The third-order valence-corrected chi connectivity index (χ3v) is 12.1. The van der Waals surface area contributed by atoms with Crippen LogP contribution in [-0.2, 0) is 9.53 Å². The summed E-state index contributed by atoms with van der Waals surface area (Å²) in [6, 6.07) is 0.